The van der Waals surface area contributed by atoms with Crippen molar-refractivity contribution in [2.24, 2.45) is 0 Å². The Hall–Kier alpha value is -2.58. The van der Waals surface area contributed by atoms with Gasteiger partial charge in [0, 0.05) is 5.41 Å². The first kappa shape index (κ1) is 23.2. The summed E-state index contributed by atoms with van der Waals surface area (Å²) >= 11 is 0. The molecule has 2 heteroatoms. The van der Waals surface area contributed by atoms with Crippen molar-refractivity contribution in [3.05, 3.63) is 69.8 Å². The monoisotopic (exact) mass is 450 g/mol. The summed E-state index contributed by atoms with van der Waals surface area (Å²) in [6.07, 6.45) is 18.8. The van der Waals surface area contributed by atoms with Crippen molar-refractivity contribution < 1.29 is 0 Å². The van der Waals surface area contributed by atoms with Gasteiger partial charge >= 0.3 is 0 Å². The summed E-state index contributed by atoms with van der Waals surface area (Å²) < 4.78 is 0. The number of hydrogen-bond acceptors (Lipinski definition) is 2. The molecule has 2 aromatic rings. The van der Waals surface area contributed by atoms with Crippen LogP contribution in [0.4, 0.5) is 0 Å². The first-order valence-corrected chi connectivity index (χ1v) is 13.8. The van der Waals surface area contributed by atoms with Crippen molar-refractivity contribution in [2.75, 3.05) is 0 Å². The van der Waals surface area contributed by atoms with E-state index in [0.717, 1.165) is 11.1 Å². The average molecular weight is 451 g/mol. The standard InChI is InChI=1S/C32H38N2/c33-22-26-14-16-28(20-30(26)24-10-4-1-5-11-24)32(18-8-3-9-19-32)29-17-15-27(23-34)31(21-29)25-12-6-2-7-13-25/h14-17,20-21,24-25H,1-13,18-19H2. The van der Waals surface area contributed by atoms with Crippen LogP contribution in [0.15, 0.2) is 36.4 Å². The molecular formula is C32H38N2. The lowest BCUT2D eigenvalue weighted by atomic mass is 9.64. The highest BCUT2D eigenvalue weighted by molar-refractivity contribution is 5.51. The zero-order valence-electron chi connectivity index (χ0n) is 20.6. The molecule has 3 fully saturated rings. The molecule has 0 radical (unpaired) electrons. The Morgan fingerprint density at radius 1 is 0.559 bits per heavy atom. The molecule has 5 rings (SSSR count). The van der Waals surface area contributed by atoms with Crippen molar-refractivity contribution in [1.29, 1.82) is 10.5 Å². The Bertz CT molecular complexity index is 999. The molecule has 2 aromatic carbocycles. The molecule has 0 amide bonds. The van der Waals surface area contributed by atoms with E-state index in [1.807, 2.05) is 0 Å². The average Bonchev–Trinajstić information content (AvgIpc) is 2.93. The normalized spacial score (nSPS) is 21.5. The van der Waals surface area contributed by atoms with Gasteiger partial charge in [-0.2, -0.15) is 10.5 Å². The van der Waals surface area contributed by atoms with Crippen molar-refractivity contribution in [3.8, 4) is 12.1 Å². The fourth-order valence-corrected chi connectivity index (χ4v) is 7.33. The van der Waals surface area contributed by atoms with E-state index < -0.39 is 0 Å². The largest absolute Gasteiger partial charge is 0.192 e. The molecule has 3 saturated carbocycles. The summed E-state index contributed by atoms with van der Waals surface area (Å²) in [5.41, 5.74) is 7.18. The maximum absolute atomic E-state index is 9.89. The molecule has 3 aliphatic rings. The molecular weight excluding hydrogens is 412 g/mol. The summed E-state index contributed by atoms with van der Waals surface area (Å²) in [7, 11) is 0. The second kappa shape index (κ2) is 10.4. The van der Waals surface area contributed by atoms with Crippen LogP contribution in [0.25, 0.3) is 0 Å². The first-order chi connectivity index (χ1) is 16.7. The predicted octanol–water partition coefficient (Wildman–Crippen LogP) is 8.78. The Morgan fingerprint density at radius 3 is 1.38 bits per heavy atom. The van der Waals surface area contributed by atoms with Gasteiger partial charge in [0.1, 0.15) is 0 Å². The molecule has 0 aliphatic heterocycles. The molecule has 0 aromatic heterocycles. The SMILES string of the molecule is N#Cc1ccc(C2(c3ccc(C#N)c(C4CCCCC4)c3)CCCCC2)cc1C1CCCCC1. The fourth-order valence-electron chi connectivity index (χ4n) is 7.33. The Morgan fingerprint density at radius 2 is 0.971 bits per heavy atom. The van der Waals surface area contributed by atoms with E-state index in [-0.39, 0.29) is 5.41 Å². The predicted molar refractivity (Wildman–Crippen MR) is 138 cm³/mol. The van der Waals surface area contributed by atoms with Crippen molar-refractivity contribution in [2.45, 2.75) is 114 Å². The Labute approximate surface area is 206 Å². The third-order valence-corrected chi connectivity index (χ3v) is 9.25. The highest BCUT2D eigenvalue weighted by Gasteiger charge is 2.37. The zero-order valence-corrected chi connectivity index (χ0v) is 20.6. The van der Waals surface area contributed by atoms with Gasteiger partial charge in [0.15, 0.2) is 0 Å². The van der Waals surface area contributed by atoms with Gasteiger partial charge in [-0.1, -0.05) is 82.1 Å². The van der Waals surface area contributed by atoms with E-state index in [2.05, 4.69) is 48.5 Å². The van der Waals surface area contributed by atoms with Gasteiger partial charge in [-0.25, -0.2) is 0 Å². The second-order valence-corrected chi connectivity index (χ2v) is 11.1. The molecule has 176 valence electrons. The van der Waals surface area contributed by atoms with Gasteiger partial charge < -0.3 is 0 Å². The van der Waals surface area contributed by atoms with Crippen LogP contribution in [0, 0.1) is 22.7 Å². The second-order valence-electron chi connectivity index (χ2n) is 11.1. The van der Waals surface area contributed by atoms with Gasteiger partial charge in [0.2, 0.25) is 0 Å². The summed E-state index contributed by atoms with van der Waals surface area (Å²) in [5.74, 6) is 1.06. The number of rotatable bonds is 4. The van der Waals surface area contributed by atoms with E-state index >= 15 is 0 Å². The van der Waals surface area contributed by atoms with E-state index in [0.29, 0.717) is 11.8 Å². The van der Waals surface area contributed by atoms with Crippen LogP contribution < -0.4 is 0 Å². The van der Waals surface area contributed by atoms with Crippen LogP contribution in [0.2, 0.25) is 0 Å². The van der Waals surface area contributed by atoms with Gasteiger partial charge in [-0.3, -0.25) is 0 Å². The topological polar surface area (TPSA) is 47.6 Å². The van der Waals surface area contributed by atoms with E-state index in [1.165, 1.54) is 119 Å². The highest BCUT2D eigenvalue weighted by Crippen LogP contribution is 2.48. The molecule has 0 unspecified atom stereocenters. The van der Waals surface area contributed by atoms with E-state index in [9.17, 15) is 10.5 Å². The minimum atomic E-state index is 0.00700. The van der Waals surface area contributed by atoms with Gasteiger partial charge in [-0.05, 0) is 84.7 Å². The van der Waals surface area contributed by atoms with Gasteiger partial charge in [0.05, 0.1) is 23.3 Å². The minimum Gasteiger partial charge on any atom is -0.192 e. The van der Waals surface area contributed by atoms with Crippen LogP contribution in [-0.2, 0) is 5.41 Å². The summed E-state index contributed by atoms with van der Waals surface area (Å²) in [6.45, 7) is 0. The van der Waals surface area contributed by atoms with Crippen molar-refractivity contribution in [3.63, 3.8) is 0 Å². The van der Waals surface area contributed by atoms with Crippen molar-refractivity contribution >= 4 is 0 Å². The quantitative estimate of drug-likeness (QED) is 0.467. The van der Waals surface area contributed by atoms with Gasteiger partial charge in [0.25, 0.3) is 0 Å². The van der Waals surface area contributed by atoms with Crippen LogP contribution in [0.3, 0.4) is 0 Å². The third-order valence-electron chi connectivity index (χ3n) is 9.25. The lowest BCUT2D eigenvalue weighted by Crippen LogP contribution is -2.31. The number of hydrogen-bond donors (Lipinski definition) is 0. The molecule has 0 N–H and O–H groups in total. The van der Waals surface area contributed by atoms with Crippen LogP contribution in [0.1, 0.15) is 142 Å². The van der Waals surface area contributed by atoms with Crippen LogP contribution >= 0.6 is 0 Å². The first-order valence-electron chi connectivity index (χ1n) is 13.8. The smallest absolute Gasteiger partial charge is 0.0994 e. The van der Waals surface area contributed by atoms with E-state index in [4.69, 9.17) is 0 Å². The molecule has 0 saturated heterocycles. The minimum absolute atomic E-state index is 0.00700. The van der Waals surface area contributed by atoms with Crippen LogP contribution in [-0.4, -0.2) is 0 Å². The van der Waals surface area contributed by atoms with Crippen LogP contribution in [0.5, 0.6) is 0 Å². The fraction of sp³-hybridized carbons (Fsp3) is 0.562. The summed E-state index contributed by atoms with van der Waals surface area (Å²) in [4.78, 5) is 0. The van der Waals surface area contributed by atoms with Gasteiger partial charge in [-0.15, -0.1) is 0 Å². The molecule has 34 heavy (non-hydrogen) atoms. The molecule has 0 spiro atoms. The highest BCUT2D eigenvalue weighted by atomic mass is 14.4. The van der Waals surface area contributed by atoms with E-state index in [1.54, 1.807) is 0 Å². The molecule has 3 aliphatic carbocycles. The zero-order chi connectivity index (χ0) is 23.4. The summed E-state index contributed by atoms with van der Waals surface area (Å²) in [6, 6.07) is 18.6. The molecule has 0 atom stereocenters. The number of nitriles is 2. The summed E-state index contributed by atoms with van der Waals surface area (Å²) in [5, 5.41) is 19.8. The maximum Gasteiger partial charge on any atom is 0.0994 e. The van der Waals surface area contributed by atoms with Crippen molar-refractivity contribution in [1.82, 2.24) is 0 Å². The number of nitrogens with zero attached hydrogens (tertiary/aromatic N) is 2. The Balaban J connectivity index is 1.60. The Kier molecular flexibility index (Phi) is 7.06. The third kappa shape index (κ3) is 4.41. The molecule has 0 bridgehead atoms. The molecule has 0 heterocycles. The molecule has 2 nitrogen and oxygen atoms in total. The lowest BCUT2D eigenvalue weighted by Gasteiger charge is -2.40. The maximum atomic E-state index is 9.89. The lowest BCUT2D eigenvalue weighted by molar-refractivity contribution is 0.344. The number of benzene rings is 2.